The average Bonchev–Trinajstić information content (AvgIpc) is 3.40. The van der Waals surface area contributed by atoms with Crippen LogP contribution in [0.5, 0.6) is 0 Å². The minimum Gasteiger partial charge on any atom is -0.461 e. The van der Waals surface area contributed by atoms with Gasteiger partial charge in [-0.3, -0.25) is 14.5 Å². The summed E-state index contributed by atoms with van der Waals surface area (Å²) in [5.74, 6) is -2.36. The van der Waals surface area contributed by atoms with Gasteiger partial charge < -0.3 is 9.47 Å². The number of hydrogen-bond acceptors (Lipinski definition) is 8. The lowest BCUT2D eigenvalue weighted by Gasteiger charge is -2.24. The smallest absolute Gasteiger partial charge is 0.367 e. The number of esters is 2. The average molecular weight is 464 g/mol. The molecule has 1 aliphatic rings. The fraction of sp³-hybridized carbons (Fsp3) is 0.208. The molecule has 33 heavy (non-hydrogen) atoms. The number of nitrogens with zero attached hydrogens (tertiary/aromatic N) is 2. The standard InChI is InChI=1S/C24H20N2O6S/c1-2-31-24(30)20-25-16(14-33-20)13-32-23(29)19(12-15-8-4-3-5-9-15)26-21(27)17-10-6-7-11-18(17)22(26)28/h3-11,14,19H,2,12-13H2,1H3/t19-/m0/s1. The fourth-order valence-corrected chi connectivity index (χ4v) is 4.20. The fourth-order valence-electron chi connectivity index (χ4n) is 3.51. The molecule has 168 valence electrons. The van der Waals surface area contributed by atoms with Crippen LogP contribution in [0.3, 0.4) is 0 Å². The van der Waals surface area contributed by atoms with Gasteiger partial charge in [-0.25, -0.2) is 14.6 Å². The molecule has 1 aromatic heterocycles. The summed E-state index contributed by atoms with van der Waals surface area (Å²) in [6.07, 6.45) is 0.107. The molecule has 4 rings (SSSR count). The van der Waals surface area contributed by atoms with Crippen LogP contribution in [0.2, 0.25) is 0 Å². The van der Waals surface area contributed by atoms with Gasteiger partial charge in [0.1, 0.15) is 12.6 Å². The highest BCUT2D eigenvalue weighted by Gasteiger charge is 2.43. The van der Waals surface area contributed by atoms with E-state index in [4.69, 9.17) is 9.47 Å². The topological polar surface area (TPSA) is 103 Å². The van der Waals surface area contributed by atoms with E-state index in [1.165, 1.54) is 0 Å². The molecule has 8 nitrogen and oxygen atoms in total. The maximum atomic E-state index is 13.1. The third-order valence-electron chi connectivity index (χ3n) is 5.05. The molecule has 0 unspecified atom stereocenters. The Balaban J connectivity index is 1.54. The molecule has 1 aliphatic heterocycles. The Morgan fingerprint density at radius 2 is 1.61 bits per heavy atom. The first kappa shape index (κ1) is 22.3. The molecule has 0 aliphatic carbocycles. The van der Waals surface area contributed by atoms with Gasteiger partial charge in [0.05, 0.1) is 23.4 Å². The Labute approximate surface area is 193 Å². The van der Waals surface area contributed by atoms with Gasteiger partial charge in [0, 0.05) is 11.8 Å². The lowest BCUT2D eigenvalue weighted by atomic mass is 10.0. The Morgan fingerprint density at radius 3 is 2.24 bits per heavy atom. The van der Waals surface area contributed by atoms with Crippen LogP contribution in [0.25, 0.3) is 0 Å². The van der Waals surface area contributed by atoms with Crippen molar-refractivity contribution in [3.8, 4) is 0 Å². The van der Waals surface area contributed by atoms with Crippen LogP contribution < -0.4 is 0 Å². The Kier molecular flexibility index (Phi) is 6.60. The predicted molar refractivity (Wildman–Crippen MR) is 119 cm³/mol. The summed E-state index contributed by atoms with van der Waals surface area (Å²) >= 11 is 1.08. The largest absolute Gasteiger partial charge is 0.461 e. The van der Waals surface area contributed by atoms with Gasteiger partial charge in [0.2, 0.25) is 5.01 Å². The first-order valence-corrected chi connectivity index (χ1v) is 11.2. The summed E-state index contributed by atoms with van der Waals surface area (Å²) in [7, 11) is 0. The Bertz CT molecular complexity index is 1170. The maximum Gasteiger partial charge on any atom is 0.367 e. The van der Waals surface area contributed by atoms with Crippen LogP contribution in [0, 0.1) is 0 Å². The van der Waals surface area contributed by atoms with Crippen LogP contribution >= 0.6 is 11.3 Å². The highest BCUT2D eigenvalue weighted by atomic mass is 32.1. The molecule has 0 spiro atoms. The zero-order chi connectivity index (χ0) is 23.4. The Hall–Kier alpha value is -3.85. The number of thiazole rings is 1. The minimum absolute atomic E-state index is 0.107. The molecule has 0 bridgehead atoms. The van der Waals surface area contributed by atoms with Gasteiger partial charge in [-0.15, -0.1) is 11.3 Å². The van der Waals surface area contributed by atoms with Crippen LogP contribution in [-0.2, 0) is 27.3 Å². The van der Waals surface area contributed by atoms with E-state index in [2.05, 4.69) is 4.98 Å². The van der Waals surface area contributed by atoms with Crippen LogP contribution in [0.1, 0.15) is 48.7 Å². The van der Waals surface area contributed by atoms with Crippen molar-refractivity contribution < 1.29 is 28.7 Å². The van der Waals surface area contributed by atoms with E-state index in [0.717, 1.165) is 21.8 Å². The SMILES string of the molecule is CCOC(=O)c1nc(COC(=O)[C@H](Cc2ccccc2)N2C(=O)c3ccccc3C2=O)cs1. The molecule has 9 heteroatoms. The van der Waals surface area contributed by atoms with Gasteiger partial charge in [0.25, 0.3) is 11.8 Å². The summed E-state index contributed by atoms with van der Waals surface area (Å²) in [4.78, 5) is 56.0. The zero-order valence-corrected chi connectivity index (χ0v) is 18.5. The minimum atomic E-state index is -1.15. The van der Waals surface area contributed by atoms with Crippen molar-refractivity contribution in [3.63, 3.8) is 0 Å². The van der Waals surface area contributed by atoms with E-state index in [1.54, 1.807) is 36.6 Å². The highest BCUT2D eigenvalue weighted by Crippen LogP contribution is 2.26. The van der Waals surface area contributed by atoms with Crippen LogP contribution in [-0.4, -0.2) is 46.3 Å². The van der Waals surface area contributed by atoms with E-state index in [0.29, 0.717) is 5.69 Å². The molecule has 2 aromatic carbocycles. The number of imide groups is 1. The highest BCUT2D eigenvalue weighted by molar-refractivity contribution is 7.11. The molecule has 3 aromatic rings. The first-order valence-electron chi connectivity index (χ1n) is 10.3. The zero-order valence-electron chi connectivity index (χ0n) is 17.7. The van der Waals surface area contributed by atoms with E-state index in [9.17, 15) is 19.2 Å². The van der Waals surface area contributed by atoms with Crippen molar-refractivity contribution in [1.29, 1.82) is 0 Å². The van der Waals surface area contributed by atoms with Gasteiger partial charge in [-0.1, -0.05) is 42.5 Å². The predicted octanol–water partition coefficient (Wildman–Crippen LogP) is 3.27. The van der Waals surface area contributed by atoms with Crippen molar-refractivity contribution in [2.24, 2.45) is 0 Å². The molecule has 0 saturated carbocycles. The summed E-state index contributed by atoms with van der Waals surface area (Å²) in [5, 5.41) is 1.75. The summed E-state index contributed by atoms with van der Waals surface area (Å²) < 4.78 is 10.3. The summed E-state index contributed by atoms with van der Waals surface area (Å²) in [6, 6.07) is 14.4. The number of aromatic nitrogens is 1. The molecule has 0 saturated heterocycles. The van der Waals surface area contributed by atoms with Crippen LogP contribution in [0.15, 0.2) is 60.0 Å². The van der Waals surface area contributed by atoms with Crippen LogP contribution in [0.4, 0.5) is 0 Å². The molecular formula is C24H20N2O6S. The molecule has 2 heterocycles. The van der Waals surface area contributed by atoms with Gasteiger partial charge >= 0.3 is 11.9 Å². The normalized spacial score (nSPS) is 13.5. The third-order valence-corrected chi connectivity index (χ3v) is 5.92. The number of ether oxygens (including phenoxy) is 2. The van der Waals surface area contributed by atoms with Gasteiger partial charge in [-0.2, -0.15) is 0 Å². The van der Waals surface area contributed by atoms with Crippen molar-refractivity contribution in [2.45, 2.75) is 26.0 Å². The molecule has 0 fully saturated rings. The van der Waals surface area contributed by atoms with Crippen molar-refractivity contribution >= 4 is 35.1 Å². The Morgan fingerprint density at radius 1 is 0.970 bits per heavy atom. The molecule has 0 radical (unpaired) electrons. The van der Waals surface area contributed by atoms with Gasteiger partial charge in [-0.05, 0) is 24.6 Å². The lowest BCUT2D eigenvalue weighted by molar-refractivity contribution is -0.149. The van der Waals surface area contributed by atoms with E-state index >= 15 is 0 Å². The van der Waals surface area contributed by atoms with E-state index in [-0.39, 0.29) is 35.8 Å². The second-order valence-corrected chi connectivity index (χ2v) is 8.06. The molecule has 2 amide bonds. The van der Waals surface area contributed by atoms with E-state index in [1.807, 2.05) is 30.3 Å². The maximum absolute atomic E-state index is 13.1. The first-order chi connectivity index (χ1) is 16.0. The van der Waals surface area contributed by atoms with Crippen molar-refractivity contribution in [3.05, 3.63) is 87.4 Å². The number of carbonyl (C=O) groups is 4. The second kappa shape index (κ2) is 9.74. The molecule has 1 atom stereocenters. The number of fused-ring (bicyclic) bond motifs is 1. The monoisotopic (exact) mass is 464 g/mol. The van der Waals surface area contributed by atoms with Gasteiger partial charge in [0.15, 0.2) is 0 Å². The third kappa shape index (κ3) is 4.68. The summed E-state index contributed by atoms with van der Waals surface area (Å²) in [5.41, 5.74) is 1.66. The number of carbonyl (C=O) groups excluding carboxylic acids is 4. The summed E-state index contributed by atoms with van der Waals surface area (Å²) in [6.45, 7) is 1.72. The number of hydrogen-bond donors (Lipinski definition) is 0. The molecular weight excluding hydrogens is 444 g/mol. The van der Waals surface area contributed by atoms with E-state index < -0.39 is 29.8 Å². The van der Waals surface area contributed by atoms with Crippen molar-refractivity contribution in [2.75, 3.05) is 6.61 Å². The number of amides is 2. The molecule has 0 N–H and O–H groups in total. The number of benzene rings is 2. The second-order valence-electron chi connectivity index (χ2n) is 7.20. The quantitative estimate of drug-likeness (QED) is 0.372. The lowest BCUT2D eigenvalue weighted by Crippen LogP contribution is -2.47. The number of rotatable bonds is 8. The van der Waals surface area contributed by atoms with Crippen molar-refractivity contribution in [1.82, 2.24) is 9.88 Å².